The van der Waals surface area contributed by atoms with E-state index in [1.54, 1.807) is 11.6 Å². The van der Waals surface area contributed by atoms with Gasteiger partial charge in [0.25, 0.3) is 0 Å². The molecule has 0 N–H and O–H groups in total. The third kappa shape index (κ3) is 2.33. The van der Waals surface area contributed by atoms with Crippen molar-refractivity contribution >= 4 is 21.6 Å². The largest absolute Gasteiger partial charge is 0.493 e. The van der Waals surface area contributed by atoms with Crippen LogP contribution in [-0.4, -0.2) is 21.7 Å². The van der Waals surface area contributed by atoms with E-state index in [-0.39, 0.29) is 0 Å². The van der Waals surface area contributed by atoms with E-state index in [9.17, 15) is 0 Å². The van der Waals surface area contributed by atoms with Crippen molar-refractivity contribution in [3.8, 4) is 5.75 Å². The predicted octanol–water partition coefficient (Wildman–Crippen LogP) is 3.09. The highest BCUT2D eigenvalue weighted by molar-refractivity contribution is 9.10. The first-order chi connectivity index (χ1) is 9.28. The number of aromatic nitrogens is 3. The van der Waals surface area contributed by atoms with Gasteiger partial charge in [-0.05, 0) is 23.8 Å². The fourth-order valence-electron chi connectivity index (χ4n) is 1.97. The summed E-state index contributed by atoms with van der Waals surface area (Å²) in [6, 6.07) is 11.9. The molecule has 0 aliphatic heterocycles. The van der Waals surface area contributed by atoms with E-state index < -0.39 is 0 Å². The highest BCUT2D eigenvalue weighted by Gasteiger charge is 2.09. The maximum absolute atomic E-state index is 5.28. The molecule has 2 aromatic heterocycles. The van der Waals surface area contributed by atoms with Crippen LogP contribution >= 0.6 is 15.9 Å². The van der Waals surface area contributed by atoms with Gasteiger partial charge in [0.1, 0.15) is 0 Å². The van der Waals surface area contributed by atoms with Crippen LogP contribution in [0.25, 0.3) is 5.65 Å². The van der Waals surface area contributed by atoms with Gasteiger partial charge in [-0.2, -0.15) is 5.10 Å². The molecule has 0 saturated carbocycles. The monoisotopic (exact) mass is 317 g/mol. The SMILES string of the molecule is COc1cccn2nc(Cc3ccccc3Br)nc12. The quantitative estimate of drug-likeness (QED) is 0.745. The number of ether oxygens (including phenoxy) is 1. The molecule has 2 heterocycles. The van der Waals surface area contributed by atoms with Crippen molar-refractivity contribution in [2.24, 2.45) is 0 Å². The van der Waals surface area contributed by atoms with Crippen LogP contribution < -0.4 is 4.74 Å². The van der Waals surface area contributed by atoms with Crippen molar-refractivity contribution in [1.29, 1.82) is 0 Å². The van der Waals surface area contributed by atoms with E-state index >= 15 is 0 Å². The van der Waals surface area contributed by atoms with Gasteiger partial charge in [-0.1, -0.05) is 34.1 Å². The first-order valence-electron chi connectivity index (χ1n) is 5.89. The van der Waals surface area contributed by atoms with Gasteiger partial charge in [-0.15, -0.1) is 0 Å². The minimum Gasteiger partial charge on any atom is -0.493 e. The Labute approximate surface area is 119 Å². The van der Waals surface area contributed by atoms with Gasteiger partial charge in [-0.25, -0.2) is 9.50 Å². The van der Waals surface area contributed by atoms with Crippen LogP contribution in [0.1, 0.15) is 11.4 Å². The molecule has 0 aliphatic carbocycles. The number of halogens is 1. The summed E-state index contributed by atoms with van der Waals surface area (Å²) >= 11 is 3.54. The van der Waals surface area contributed by atoms with Crippen LogP contribution in [0.4, 0.5) is 0 Å². The summed E-state index contributed by atoms with van der Waals surface area (Å²) in [5, 5.41) is 4.46. The highest BCUT2D eigenvalue weighted by Crippen LogP contribution is 2.21. The molecule has 0 fully saturated rings. The molecule has 0 atom stereocenters. The van der Waals surface area contributed by atoms with Gasteiger partial charge in [0.15, 0.2) is 17.2 Å². The summed E-state index contributed by atoms with van der Waals surface area (Å²) in [5.41, 5.74) is 1.91. The second kappa shape index (κ2) is 5.01. The van der Waals surface area contributed by atoms with E-state index in [4.69, 9.17) is 4.74 Å². The Hall–Kier alpha value is -1.88. The Morgan fingerprint density at radius 2 is 2.05 bits per heavy atom. The van der Waals surface area contributed by atoms with Crippen LogP contribution in [-0.2, 0) is 6.42 Å². The lowest BCUT2D eigenvalue weighted by Gasteiger charge is -1.99. The second-order valence-corrected chi connectivity index (χ2v) is 5.00. The fourth-order valence-corrected chi connectivity index (χ4v) is 2.40. The Bertz CT molecular complexity index is 724. The third-order valence-electron chi connectivity index (χ3n) is 2.90. The molecule has 1 aromatic carbocycles. The summed E-state index contributed by atoms with van der Waals surface area (Å²) < 4.78 is 8.09. The number of hydrogen-bond donors (Lipinski definition) is 0. The molecule has 0 spiro atoms. The molecule has 0 saturated heterocycles. The summed E-state index contributed by atoms with van der Waals surface area (Å²) in [7, 11) is 1.64. The van der Waals surface area contributed by atoms with Gasteiger partial charge in [0.05, 0.1) is 7.11 Å². The van der Waals surface area contributed by atoms with Gasteiger partial charge in [0, 0.05) is 17.1 Å². The highest BCUT2D eigenvalue weighted by atomic mass is 79.9. The summed E-state index contributed by atoms with van der Waals surface area (Å²) in [6.45, 7) is 0. The number of nitrogens with zero attached hydrogens (tertiary/aromatic N) is 3. The molecule has 0 bridgehead atoms. The minimum atomic E-state index is 0.687. The van der Waals surface area contributed by atoms with Crippen molar-refractivity contribution < 1.29 is 4.74 Å². The number of hydrogen-bond acceptors (Lipinski definition) is 3. The molecular formula is C14H12BrN3O. The van der Waals surface area contributed by atoms with Crippen LogP contribution in [0.2, 0.25) is 0 Å². The van der Waals surface area contributed by atoms with E-state index in [2.05, 4.69) is 32.1 Å². The third-order valence-corrected chi connectivity index (χ3v) is 3.67. The molecule has 0 amide bonds. The van der Waals surface area contributed by atoms with E-state index in [0.717, 1.165) is 27.3 Å². The molecule has 0 radical (unpaired) electrons. The standard InChI is InChI=1S/C14H12BrN3O/c1-19-12-7-4-8-18-14(12)16-13(17-18)9-10-5-2-3-6-11(10)15/h2-8H,9H2,1H3. The molecule has 0 aliphatic rings. The number of pyridine rings is 1. The zero-order valence-electron chi connectivity index (χ0n) is 10.4. The first-order valence-corrected chi connectivity index (χ1v) is 6.69. The van der Waals surface area contributed by atoms with Gasteiger partial charge in [0.2, 0.25) is 0 Å². The number of fused-ring (bicyclic) bond motifs is 1. The van der Waals surface area contributed by atoms with Crippen LogP contribution in [0.5, 0.6) is 5.75 Å². The topological polar surface area (TPSA) is 39.4 Å². The number of methoxy groups -OCH3 is 1. The average molecular weight is 318 g/mol. The Balaban J connectivity index is 2.00. The summed E-state index contributed by atoms with van der Waals surface area (Å²) in [6.07, 6.45) is 2.56. The lowest BCUT2D eigenvalue weighted by molar-refractivity contribution is 0.416. The predicted molar refractivity (Wildman–Crippen MR) is 76.5 cm³/mol. The van der Waals surface area contributed by atoms with E-state index in [1.165, 1.54) is 0 Å². The van der Waals surface area contributed by atoms with Crippen LogP contribution in [0, 0.1) is 0 Å². The molecule has 19 heavy (non-hydrogen) atoms. The molecule has 5 heteroatoms. The maximum atomic E-state index is 5.28. The molecule has 96 valence electrons. The summed E-state index contributed by atoms with van der Waals surface area (Å²) in [4.78, 5) is 4.53. The Morgan fingerprint density at radius 1 is 1.21 bits per heavy atom. The molecule has 4 nitrogen and oxygen atoms in total. The maximum Gasteiger partial charge on any atom is 0.198 e. The van der Waals surface area contributed by atoms with Crippen molar-refractivity contribution in [2.75, 3.05) is 7.11 Å². The number of rotatable bonds is 3. The Kier molecular flexibility index (Phi) is 3.21. The zero-order chi connectivity index (χ0) is 13.2. The molecule has 3 aromatic rings. The fraction of sp³-hybridized carbons (Fsp3) is 0.143. The van der Waals surface area contributed by atoms with Crippen molar-refractivity contribution in [1.82, 2.24) is 14.6 Å². The lowest BCUT2D eigenvalue weighted by Crippen LogP contribution is -1.93. The summed E-state index contributed by atoms with van der Waals surface area (Å²) in [5.74, 6) is 1.50. The lowest BCUT2D eigenvalue weighted by atomic mass is 10.1. The zero-order valence-corrected chi connectivity index (χ0v) is 12.0. The van der Waals surface area contributed by atoms with Crippen LogP contribution in [0.3, 0.4) is 0 Å². The number of benzene rings is 1. The second-order valence-electron chi connectivity index (χ2n) is 4.14. The first kappa shape index (κ1) is 12.2. The average Bonchev–Trinajstić information content (AvgIpc) is 2.83. The van der Waals surface area contributed by atoms with E-state index in [0.29, 0.717) is 6.42 Å². The van der Waals surface area contributed by atoms with Gasteiger partial charge >= 0.3 is 0 Å². The molecule has 3 rings (SSSR count). The normalized spacial score (nSPS) is 10.8. The molecular weight excluding hydrogens is 306 g/mol. The van der Waals surface area contributed by atoms with Gasteiger partial charge < -0.3 is 4.74 Å². The smallest absolute Gasteiger partial charge is 0.198 e. The van der Waals surface area contributed by atoms with Crippen molar-refractivity contribution in [3.63, 3.8) is 0 Å². The minimum absolute atomic E-state index is 0.687. The van der Waals surface area contributed by atoms with Crippen molar-refractivity contribution in [3.05, 3.63) is 58.5 Å². The van der Waals surface area contributed by atoms with E-state index in [1.807, 2.05) is 36.5 Å². The van der Waals surface area contributed by atoms with Gasteiger partial charge in [-0.3, -0.25) is 0 Å². The molecule has 0 unspecified atom stereocenters. The Morgan fingerprint density at radius 3 is 2.84 bits per heavy atom. The van der Waals surface area contributed by atoms with Crippen LogP contribution in [0.15, 0.2) is 47.1 Å². The van der Waals surface area contributed by atoms with Crippen molar-refractivity contribution in [2.45, 2.75) is 6.42 Å².